The number of amides is 2. The third-order valence-electron chi connectivity index (χ3n) is 14.0. The number of ether oxygens (including phenoxy) is 3. The first-order valence-corrected chi connectivity index (χ1v) is 23.1. The minimum atomic E-state index is -1.80. The fourth-order valence-corrected chi connectivity index (χ4v) is 11.1. The highest BCUT2D eigenvalue weighted by Gasteiger charge is 2.74. The number of carbonyl (C=O) groups is 3. The van der Waals surface area contributed by atoms with E-state index in [-0.39, 0.29) is 13.2 Å². The Balaban J connectivity index is 1.20. The maximum Gasteiger partial charge on any atom is 0.324 e. The number of rotatable bonds is 9. The molecule has 6 unspecified atom stereocenters. The fraction of sp³-hybridized carbons (Fsp3) is 0.352. The molecule has 5 aliphatic rings. The van der Waals surface area contributed by atoms with Gasteiger partial charge in [0.25, 0.3) is 0 Å². The van der Waals surface area contributed by atoms with Gasteiger partial charge in [-0.1, -0.05) is 104 Å². The summed E-state index contributed by atoms with van der Waals surface area (Å²) in [5.74, 6) is 3.81. The molecular weight excluding hydrogens is 833 g/mol. The van der Waals surface area contributed by atoms with E-state index in [0.717, 1.165) is 55.6 Å². The van der Waals surface area contributed by atoms with E-state index in [2.05, 4.69) is 27.4 Å². The van der Waals surface area contributed by atoms with Crippen LogP contribution in [0.4, 0.5) is 17.1 Å². The third kappa shape index (κ3) is 7.90. The lowest BCUT2D eigenvalue weighted by atomic mass is 9.65. The number of morpholine rings is 2. The van der Waals surface area contributed by atoms with Gasteiger partial charge in [-0.05, 0) is 90.9 Å². The number of aliphatic hydroxyl groups is 2. The van der Waals surface area contributed by atoms with Crippen LogP contribution in [0.25, 0.3) is 0 Å². The molecule has 4 aliphatic heterocycles. The Bertz CT molecular complexity index is 2640. The summed E-state index contributed by atoms with van der Waals surface area (Å²) in [6, 6.07) is 36.6. The molecular formula is C54H54N4O8. The zero-order chi connectivity index (χ0) is 45.3. The van der Waals surface area contributed by atoms with Crippen LogP contribution >= 0.6 is 0 Å². The SMILES string of the molecule is O=C1OC(c2ccccc2)C(c2ccccc2)N2C1C(C(=O)Nc1ccc(N3CCOCC3)cc1)C1(C(=O)Nc3ccc(C#CC4(O)CCCCCC4)cc31)C2c1ccccc1OCCO. The Morgan fingerprint density at radius 1 is 0.818 bits per heavy atom. The molecule has 4 heterocycles. The summed E-state index contributed by atoms with van der Waals surface area (Å²) in [7, 11) is 0. The van der Waals surface area contributed by atoms with Crippen LogP contribution in [0.3, 0.4) is 0 Å². The van der Waals surface area contributed by atoms with Crippen LogP contribution in [-0.4, -0.2) is 84.1 Å². The summed E-state index contributed by atoms with van der Waals surface area (Å²) in [4.78, 5) is 51.1. The predicted octanol–water partition coefficient (Wildman–Crippen LogP) is 7.24. The zero-order valence-electron chi connectivity index (χ0n) is 36.7. The minimum absolute atomic E-state index is 0.0350. The quantitative estimate of drug-likeness (QED) is 0.0678. The van der Waals surface area contributed by atoms with Crippen molar-refractivity contribution in [1.82, 2.24) is 4.90 Å². The Labute approximate surface area is 384 Å². The van der Waals surface area contributed by atoms with Crippen molar-refractivity contribution in [1.29, 1.82) is 0 Å². The number of anilines is 3. The van der Waals surface area contributed by atoms with E-state index in [0.29, 0.717) is 59.9 Å². The Morgan fingerprint density at radius 2 is 1.50 bits per heavy atom. The van der Waals surface area contributed by atoms with Crippen molar-refractivity contribution in [3.8, 4) is 17.6 Å². The molecule has 1 aliphatic carbocycles. The molecule has 0 radical (unpaired) electrons. The molecule has 338 valence electrons. The van der Waals surface area contributed by atoms with E-state index < -0.39 is 58.9 Å². The van der Waals surface area contributed by atoms with Crippen molar-refractivity contribution in [2.24, 2.45) is 5.92 Å². The molecule has 5 aromatic rings. The second-order valence-corrected chi connectivity index (χ2v) is 17.9. The lowest BCUT2D eigenvalue weighted by Gasteiger charge is -2.46. The van der Waals surface area contributed by atoms with E-state index in [9.17, 15) is 10.2 Å². The molecule has 12 heteroatoms. The number of carbonyl (C=O) groups excluding carboxylic acids is 3. The second kappa shape index (κ2) is 18.4. The van der Waals surface area contributed by atoms with Crippen molar-refractivity contribution in [2.75, 3.05) is 55.1 Å². The van der Waals surface area contributed by atoms with Crippen LogP contribution in [0.15, 0.2) is 127 Å². The predicted molar refractivity (Wildman–Crippen MR) is 250 cm³/mol. The van der Waals surface area contributed by atoms with Crippen molar-refractivity contribution in [3.05, 3.63) is 155 Å². The summed E-state index contributed by atoms with van der Waals surface area (Å²) in [5.41, 5.74) is 2.16. The molecule has 3 saturated heterocycles. The van der Waals surface area contributed by atoms with Crippen molar-refractivity contribution in [3.63, 3.8) is 0 Å². The maximum atomic E-state index is 15.8. The summed E-state index contributed by atoms with van der Waals surface area (Å²) in [5, 5.41) is 28.0. The number of esters is 1. The van der Waals surface area contributed by atoms with Gasteiger partial charge in [-0.15, -0.1) is 0 Å². The summed E-state index contributed by atoms with van der Waals surface area (Å²) >= 11 is 0. The minimum Gasteiger partial charge on any atom is -0.491 e. The van der Waals surface area contributed by atoms with Gasteiger partial charge in [0, 0.05) is 41.3 Å². The number of nitrogens with one attached hydrogen (secondary N) is 2. The van der Waals surface area contributed by atoms with Crippen molar-refractivity contribution in [2.45, 2.75) is 73.8 Å². The molecule has 0 aromatic heterocycles. The van der Waals surface area contributed by atoms with Gasteiger partial charge < -0.3 is 40.0 Å². The number of hydrogen-bond acceptors (Lipinski definition) is 10. The zero-order valence-corrected chi connectivity index (χ0v) is 36.7. The largest absolute Gasteiger partial charge is 0.491 e. The topological polar surface area (TPSA) is 150 Å². The molecule has 4 N–H and O–H groups in total. The van der Waals surface area contributed by atoms with Gasteiger partial charge in [-0.2, -0.15) is 0 Å². The van der Waals surface area contributed by atoms with Gasteiger partial charge >= 0.3 is 5.97 Å². The van der Waals surface area contributed by atoms with Gasteiger partial charge in [0.15, 0.2) is 0 Å². The number of fused-ring (bicyclic) bond motifs is 3. The van der Waals surface area contributed by atoms with Gasteiger partial charge in [0.2, 0.25) is 11.8 Å². The normalized spacial score (nSPS) is 25.7. The van der Waals surface area contributed by atoms with Crippen LogP contribution in [0, 0.1) is 17.8 Å². The number of nitrogens with zero attached hydrogens (tertiary/aromatic N) is 2. The second-order valence-electron chi connectivity index (χ2n) is 17.9. The molecule has 5 aromatic carbocycles. The summed E-state index contributed by atoms with van der Waals surface area (Å²) < 4.78 is 18.5. The lowest BCUT2D eigenvalue weighted by Crippen LogP contribution is -2.53. The standard InChI is InChI=1S/C54H54N4O8/c59-31-34-65-44-18-10-9-17-41(44)49-54(42-35-36(19-24-43(42)56-52(54)62)25-28-53(63)26-11-1-2-12-27-53)45(50(60)55-39-20-22-40(23-21-39)57-29-32-64-33-30-57)47-51(61)66-48(38-15-7-4-8-16-38)46(58(47)49)37-13-5-3-6-14-37/h3-10,13-24,35,45-49,59,63H,1-2,11-12,26-27,29-34H2,(H,55,60)(H,56,62). The number of benzene rings is 5. The number of hydrogen-bond donors (Lipinski definition) is 4. The smallest absolute Gasteiger partial charge is 0.324 e. The number of cyclic esters (lactones) is 1. The highest BCUT2D eigenvalue weighted by Crippen LogP contribution is 2.65. The average molecular weight is 887 g/mol. The number of para-hydroxylation sites is 1. The molecule has 2 amide bonds. The summed E-state index contributed by atoms with van der Waals surface area (Å²) in [6.07, 6.45) is 4.13. The van der Waals surface area contributed by atoms with Gasteiger partial charge in [0.05, 0.1) is 37.8 Å². The third-order valence-corrected chi connectivity index (χ3v) is 14.0. The molecule has 1 saturated carbocycles. The maximum absolute atomic E-state index is 15.8. The monoisotopic (exact) mass is 886 g/mol. The van der Waals surface area contributed by atoms with Crippen LogP contribution in [0.1, 0.15) is 84.5 Å². The Kier molecular flexibility index (Phi) is 12.1. The van der Waals surface area contributed by atoms with Crippen molar-refractivity contribution < 1.29 is 38.8 Å². The van der Waals surface area contributed by atoms with Gasteiger partial charge in [-0.3, -0.25) is 19.3 Å². The first kappa shape index (κ1) is 43.4. The lowest BCUT2D eigenvalue weighted by molar-refractivity contribution is -0.177. The van der Waals surface area contributed by atoms with E-state index in [4.69, 9.17) is 14.2 Å². The fourth-order valence-electron chi connectivity index (χ4n) is 11.1. The van der Waals surface area contributed by atoms with E-state index in [1.54, 1.807) is 12.1 Å². The van der Waals surface area contributed by atoms with Crippen LogP contribution in [0.5, 0.6) is 5.75 Å². The molecule has 0 bridgehead atoms. The first-order valence-electron chi connectivity index (χ1n) is 23.1. The van der Waals surface area contributed by atoms with E-state index in [1.807, 2.05) is 120 Å². The first-order chi connectivity index (χ1) is 32.3. The summed E-state index contributed by atoms with van der Waals surface area (Å²) in [6.45, 7) is 2.43. The molecule has 1 spiro atoms. The van der Waals surface area contributed by atoms with Gasteiger partial charge in [-0.25, -0.2) is 0 Å². The highest BCUT2D eigenvalue weighted by molar-refractivity contribution is 6.13. The van der Waals surface area contributed by atoms with E-state index in [1.165, 1.54) is 0 Å². The molecule has 12 nitrogen and oxygen atoms in total. The molecule has 4 fully saturated rings. The van der Waals surface area contributed by atoms with Gasteiger partial charge in [0.1, 0.15) is 35.5 Å². The van der Waals surface area contributed by atoms with E-state index >= 15 is 14.4 Å². The van der Waals surface area contributed by atoms with Crippen LogP contribution < -0.4 is 20.3 Å². The number of aliphatic hydroxyl groups excluding tert-OH is 1. The Hall–Kier alpha value is -6.49. The molecule has 10 rings (SSSR count). The molecule has 66 heavy (non-hydrogen) atoms. The van der Waals surface area contributed by atoms with Crippen molar-refractivity contribution >= 4 is 34.8 Å². The van der Waals surface area contributed by atoms with Crippen LogP contribution in [-0.2, 0) is 29.3 Å². The Morgan fingerprint density at radius 3 is 2.21 bits per heavy atom. The highest BCUT2D eigenvalue weighted by atomic mass is 16.6. The molecule has 6 atom stereocenters. The van der Waals surface area contributed by atoms with Crippen LogP contribution in [0.2, 0.25) is 0 Å². The average Bonchev–Trinajstić information content (AvgIpc) is 3.72.